The number of nitrogens with one attached hydrogen (secondary N) is 1. The Balaban J connectivity index is 1.93. The Labute approximate surface area is 157 Å². The topological polar surface area (TPSA) is 69.7 Å². The van der Waals surface area contributed by atoms with Crippen molar-refractivity contribution >= 4 is 21.6 Å². The average Bonchev–Trinajstić information content (AvgIpc) is 2.60. The van der Waals surface area contributed by atoms with Crippen LogP contribution >= 0.6 is 0 Å². The van der Waals surface area contributed by atoms with Crippen molar-refractivity contribution < 1.29 is 13.2 Å². The van der Waals surface area contributed by atoms with Crippen LogP contribution in [-0.4, -0.2) is 58.7 Å². The summed E-state index contributed by atoms with van der Waals surface area (Å²) in [5, 5.41) is 2.89. The summed E-state index contributed by atoms with van der Waals surface area (Å²) < 4.78 is 25.7. The average molecular weight is 382 g/mol. The minimum Gasteiger partial charge on any atom is -0.355 e. The van der Waals surface area contributed by atoms with E-state index < -0.39 is 10.0 Å². The van der Waals surface area contributed by atoms with Crippen LogP contribution in [0.25, 0.3) is 0 Å². The maximum Gasteiger partial charge on any atom is 0.240 e. The van der Waals surface area contributed by atoms with Crippen LogP contribution in [0.2, 0.25) is 0 Å². The lowest BCUT2D eigenvalue weighted by Crippen LogP contribution is -2.41. The highest BCUT2D eigenvalue weighted by Gasteiger charge is 2.23. The second-order valence-corrected chi connectivity index (χ2v) is 9.04. The Hall–Kier alpha value is -1.60. The molecule has 7 heteroatoms. The predicted molar refractivity (Wildman–Crippen MR) is 106 cm³/mol. The van der Waals surface area contributed by atoms with E-state index in [4.69, 9.17) is 0 Å². The van der Waals surface area contributed by atoms with Crippen molar-refractivity contribution in [3.05, 3.63) is 29.8 Å². The molecule has 1 fully saturated rings. The molecule has 1 saturated heterocycles. The van der Waals surface area contributed by atoms with Crippen molar-refractivity contribution in [2.75, 3.05) is 43.8 Å². The summed E-state index contributed by atoms with van der Waals surface area (Å²) in [5.41, 5.74) is 1.50. The molecular formula is C19H31N3O3S. The van der Waals surface area contributed by atoms with Crippen LogP contribution in [0.15, 0.2) is 24.3 Å². The zero-order valence-corrected chi connectivity index (χ0v) is 16.9. The number of aryl methyl sites for hydroxylation is 1. The van der Waals surface area contributed by atoms with E-state index in [9.17, 15) is 13.2 Å². The summed E-state index contributed by atoms with van der Waals surface area (Å²) in [6.45, 7) is 4.60. The van der Waals surface area contributed by atoms with E-state index >= 15 is 0 Å². The molecule has 26 heavy (non-hydrogen) atoms. The number of sulfonamides is 1. The number of hydrogen-bond acceptors (Lipinski definition) is 4. The monoisotopic (exact) mass is 381 g/mol. The van der Waals surface area contributed by atoms with Gasteiger partial charge in [-0.25, -0.2) is 8.42 Å². The Bertz CT molecular complexity index is 698. The minimum absolute atomic E-state index is 0.177. The number of benzene rings is 1. The molecule has 0 spiro atoms. The van der Waals surface area contributed by atoms with Crippen LogP contribution in [0, 0.1) is 5.92 Å². The molecule has 1 aromatic carbocycles. The van der Waals surface area contributed by atoms with Crippen molar-refractivity contribution in [3.63, 3.8) is 0 Å². The van der Waals surface area contributed by atoms with Gasteiger partial charge in [-0.2, -0.15) is 0 Å². The molecule has 6 nitrogen and oxygen atoms in total. The van der Waals surface area contributed by atoms with E-state index in [0.717, 1.165) is 44.2 Å². The van der Waals surface area contributed by atoms with Gasteiger partial charge in [0.2, 0.25) is 15.9 Å². The number of anilines is 1. The van der Waals surface area contributed by atoms with Gasteiger partial charge in [-0.3, -0.25) is 9.10 Å². The highest BCUT2D eigenvalue weighted by Crippen LogP contribution is 2.23. The lowest BCUT2D eigenvalue weighted by molar-refractivity contribution is -0.119. The van der Waals surface area contributed by atoms with E-state index in [1.807, 2.05) is 19.1 Å². The summed E-state index contributed by atoms with van der Waals surface area (Å²) >= 11 is 0. The second-order valence-electron chi connectivity index (χ2n) is 7.14. The Morgan fingerprint density at radius 1 is 1.27 bits per heavy atom. The summed E-state index contributed by atoms with van der Waals surface area (Å²) in [4.78, 5) is 14.7. The van der Waals surface area contributed by atoms with Gasteiger partial charge in [0.1, 0.15) is 6.54 Å². The Morgan fingerprint density at radius 2 is 1.92 bits per heavy atom. The largest absolute Gasteiger partial charge is 0.355 e. The highest BCUT2D eigenvalue weighted by molar-refractivity contribution is 7.92. The van der Waals surface area contributed by atoms with Gasteiger partial charge >= 0.3 is 0 Å². The van der Waals surface area contributed by atoms with E-state index in [0.29, 0.717) is 24.6 Å². The lowest BCUT2D eigenvalue weighted by Gasteiger charge is -2.29. The number of hydrogen-bond donors (Lipinski definition) is 1. The van der Waals surface area contributed by atoms with Gasteiger partial charge in [-0.1, -0.05) is 25.1 Å². The third kappa shape index (κ3) is 5.99. The minimum atomic E-state index is -3.53. The summed E-state index contributed by atoms with van der Waals surface area (Å²) in [7, 11) is -1.40. The predicted octanol–water partition coefficient (Wildman–Crippen LogP) is 1.86. The molecule has 1 N–H and O–H groups in total. The third-order valence-corrected chi connectivity index (χ3v) is 6.17. The zero-order chi connectivity index (χ0) is 19.2. The zero-order valence-electron chi connectivity index (χ0n) is 16.1. The number of para-hydroxylation sites is 1. The number of piperidine rings is 1. The number of amides is 1. The van der Waals surface area contributed by atoms with Gasteiger partial charge in [-0.15, -0.1) is 0 Å². The van der Waals surface area contributed by atoms with Crippen LogP contribution in [0.5, 0.6) is 0 Å². The molecular weight excluding hydrogens is 350 g/mol. The molecule has 0 unspecified atom stereocenters. The van der Waals surface area contributed by atoms with Crippen molar-refractivity contribution in [3.8, 4) is 0 Å². The molecule has 1 aliphatic rings. The number of carbonyl (C=O) groups excluding carboxylic acids is 1. The Kier molecular flexibility index (Phi) is 7.46. The summed E-state index contributed by atoms with van der Waals surface area (Å²) in [6.07, 6.45) is 5.12. The standard InChI is InChI=1S/C19H31N3O3S/c1-4-17-7-5-6-8-18(17)22(26(3,24)25)15-19(23)20-12-9-16-10-13-21(2)14-11-16/h5-8,16H,4,9-15H2,1-3H3,(H,20,23). The maximum absolute atomic E-state index is 12.3. The molecule has 1 heterocycles. The molecule has 2 rings (SSSR count). The van der Waals surface area contributed by atoms with Crippen molar-refractivity contribution in [2.45, 2.75) is 32.6 Å². The van der Waals surface area contributed by atoms with E-state index in [1.165, 1.54) is 4.31 Å². The summed E-state index contributed by atoms with van der Waals surface area (Å²) in [6, 6.07) is 7.33. The first-order valence-corrected chi connectivity index (χ1v) is 11.2. The highest BCUT2D eigenvalue weighted by atomic mass is 32.2. The maximum atomic E-state index is 12.3. The first kappa shape index (κ1) is 20.7. The first-order valence-electron chi connectivity index (χ1n) is 9.32. The molecule has 146 valence electrons. The molecule has 0 aliphatic carbocycles. The van der Waals surface area contributed by atoms with Gasteiger partial charge < -0.3 is 10.2 Å². The lowest BCUT2D eigenvalue weighted by atomic mass is 9.94. The molecule has 0 bridgehead atoms. The second kappa shape index (κ2) is 9.37. The molecule has 0 aromatic heterocycles. The van der Waals surface area contributed by atoms with Crippen LogP contribution in [0.1, 0.15) is 31.7 Å². The molecule has 0 atom stereocenters. The van der Waals surface area contributed by atoms with E-state index in [2.05, 4.69) is 17.3 Å². The van der Waals surface area contributed by atoms with Crippen LogP contribution in [-0.2, 0) is 21.2 Å². The molecule has 1 amide bonds. The van der Waals surface area contributed by atoms with Gasteiger partial charge in [0, 0.05) is 6.54 Å². The van der Waals surface area contributed by atoms with Gasteiger partial charge in [0.15, 0.2) is 0 Å². The van der Waals surface area contributed by atoms with Gasteiger partial charge in [-0.05, 0) is 63.4 Å². The number of carbonyl (C=O) groups is 1. The quantitative estimate of drug-likeness (QED) is 0.746. The summed E-state index contributed by atoms with van der Waals surface area (Å²) in [5.74, 6) is 0.382. The fraction of sp³-hybridized carbons (Fsp3) is 0.632. The van der Waals surface area contributed by atoms with Crippen LogP contribution < -0.4 is 9.62 Å². The van der Waals surface area contributed by atoms with E-state index in [1.54, 1.807) is 12.1 Å². The fourth-order valence-corrected chi connectivity index (χ4v) is 4.27. The Morgan fingerprint density at radius 3 is 2.54 bits per heavy atom. The molecule has 0 saturated carbocycles. The van der Waals surface area contributed by atoms with Crippen molar-refractivity contribution in [2.24, 2.45) is 5.92 Å². The SMILES string of the molecule is CCc1ccccc1N(CC(=O)NCCC1CCN(C)CC1)S(C)(=O)=O. The van der Waals surface area contributed by atoms with E-state index in [-0.39, 0.29) is 12.5 Å². The van der Waals surface area contributed by atoms with Crippen LogP contribution in [0.3, 0.4) is 0 Å². The molecule has 1 aromatic rings. The van der Waals surface area contributed by atoms with Gasteiger partial charge in [0.05, 0.1) is 11.9 Å². The first-order chi connectivity index (χ1) is 12.3. The fourth-order valence-electron chi connectivity index (χ4n) is 3.39. The van der Waals surface area contributed by atoms with Gasteiger partial charge in [0.25, 0.3) is 0 Å². The number of rotatable bonds is 8. The normalized spacial score (nSPS) is 16.4. The number of nitrogens with zero attached hydrogens (tertiary/aromatic N) is 2. The van der Waals surface area contributed by atoms with Crippen molar-refractivity contribution in [1.82, 2.24) is 10.2 Å². The number of likely N-dealkylation sites (tertiary alicyclic amines) is 1. The van der Waals surface area contributed by atoms with Crippen molar-refractivity contribution in [1.29, 1.82) is 0 Å². The smallest absolute Gasteiger partial charge is 0.240 e. The molecule has 1 aliphatic heterocycles. The third-order valence-electron chi connectivity index (χ3n) is 5.04. The van der Waals surface area contributed by atoms with Crippen LogP contribution in [0.4, 0.5) is 5.69 Å². The molecule has 0 radical (unpaired) electrons.